The minimum Gasteiger partial charge on any atom is -0.335 e. The first kappa shape index (κ1) is 18.1. The number of rotatable bonds is 3. The first-order chi connectivity index (χ1) is 13.4. The number of halogens is 3. The first-order valence-electron chi connectivity index (χ1n) is 8.22. The monoisotopic (exact) mass is 399 g/mol. The van der Waals surface area contributed by atoms with Gasteiger partial charge < -0.3 is 9.84 Å². The van der Waals surface area contributed by atoms with Crippen molar-refractivity contribution in [1.29, 1.82) is 0 Å². The lowest BCUT2D eigenvalue weighted by atomic mass is 10.0. The van der Waals surface area contributed by atoms with Crippen LogP contribution in [0.5, 0.6) is 0 Å². The summed E-state index contributed by atoms with van der Waals surface area (Å²) in [7, 11) is 0. The largest absolute Gasteiger partial charge is 0.335 e. The molecule has 2 heterocycles. The fraction of sp³-hybridized carbons (Fsp3) is 0.0500. The van der Waals surface area contributed by atoms with Crippen LogP contribution in [0.15, 0.2) is 53.1 Å². The summed E-state index contributed by atoms with van der Waals surface area (Å²) in [5.41, 5.74) is 1.01. The predicted molar refractivity (Wildman–Crippen MR) is 101 cm³/mol. The molecule has 2 aromatic heterocycles. The topological polar surface area (TPSA) is 68.0 Å². The number of amides is 1. The maximum Gasteiger partial charge on any atom is 0.259 e. The normalized spacial score (nSPS) is 11.0. The summed E-state index contributed by atoms with van der Waals surface area (Å²) in [5, 5.41) is 6.90. The van der Waals surface area contributed by atoms with Gasteiger partial charge in [0.1, 0.15) is 11.6 Å². The van der Waals surface area contributed by atoms with Crippen LogP contribution < -0.4 is 5.32 Å². The summed E-state index contributed by atoms with van der Waals surface area (Å²) < 4.78 is 33.4. The Labute approximate surface area is 162 Å². The zero-order valence-corrected chi connectivity index (χ0v) is 15.2. The fourth-order valence-electron chi connectivity index (χ4n) is 2.86. The van der Waals surface area contributed by atoms with Gasteiger partial charge in [0, 0.05) is 10.6 Å². The number of carbonyl (C=O) groups excluding carboxylic acids is 1. The summed E-state index contributed by atoms with van der Waals surface area (Å²) in [4.78, 5) is 17.1. The lowest BCUT2D eigenvalue weighted by molar-refractivity contribution is 0.102. The smallest absolute Gasteiger partial charge is 0.259 e. The van der Waals surface area contributed by atoms with E-state index in [1.807, 2.05) is 0 Å². The van der Waals surface area contributed by atoms with Gasteiger partial charge in [0.25, 0.3) is 11.6 Å². The molecule has 0 aliphatic carbocycles. The van der Waals surface area contributed by atoms with E-state index < -0.39 is 17.5 Å². The van der Waals surface area contributed by atoms with Crippen LogP contribution >= 0.6 is 11.6 Å². The molecule has 8 heteroatoms. The van der Waals surface area contributed by atoms with E-state index in [1.54, 1.807) is 19.1 Å². The highest BCUT2D eigenvalue weighted by molar-refractivity contribution is 6.30. The Bertz CT molecular complexity index is 1220. The van der Waals surface area contributed by atoms with Gasteiger partial charge in [-0.3, -0.25) is 4.79 Å². The third-order valence-corrected chi connectivity index (χ3v) is 4.43. The van der Waals surface area contributed by atoms with Crippen LogP contribution in [0.3, 0.4) is 0 Å². The molecule has 0 saturated carbocycles. The highest BCUT2D eigenvalue weighted by atomic mass is 35.5. The Morgan fingerprint density at radius 3 is 2.64 bits per heavy atom. The van der Waals surface area contributed by atoms with Crippen LogP contribution in [-0.4, -0.2) is 16.0 Å². The van der Waals surface area contributed by atoms with Crippen LogP contribution in [-0.2, 0) is 0 Å². The Morgan fingerprint density at radius 1 is 1.11 bits per heavy atom. The summed E-state index contributed by atoms with van der Waals surface area (Å²) >= 11 is 5.74. The number of aryl methyl sites for hydroxylation is 1. The molecule has 5 nitrogen and oxygen atoms in total. The van der Waals surface area contributed by atoms with E-state index in [0.717, 1.165) is 6.07 Å². The molecule has 2 aromatic carbocycles. The Morgan fingerprint density at radius 2 is 1.89 bits per heavy atom. The Balaban J connectivity index is 1.84. The lowest BCUT2D eigenvalue weighted by Gasteiger charge is -2.09. The zero-order valence-electron chi connectivity index (χ0n) is 14.5. The van der Waals surface area contributed by atoms with Crippen LogP contribution in [0.25, 0.3) is 22.4 Å². The number of nitrogens with zero attached hydrogens (tertiary/aromatic N) is 2. The van der Waals surface area contributed by atoms with E-state index in [-0.39, 0.29) is 33.2 Å². The van der Waals surface area contributed by atoms with Gasteiger partial charge >= 0.3 is 0 Å². The van der Waals surface area contributed by atoms with Crippen LogP contribution in [0.1, 0.15) is 16.1 Å². The van der Waals surface area contributed by atoms with E-state index in [9.17, 15) is 13.6 Å². The molecule has 1 N–H and O–H groups in total. The molecule has 0 fully saturated rings. The predicted octanol–water partition coefficient (Wildman–Crippen LogP) is 5.38. The summed E-state index contributed by atoms with van der Waals surface area (Å²) in [5.74, 6) is -1.79. The number of aromatic nitrogens is 2. The van der Waals surface area contributed by atoms with Crippen molar-refractivity contribution in [3.05, 3.63) is 76.4 Å². The van der Waals surface area contributed by atoms with Crippen molar-refractivity contribution in [2.24, 2.45) is 0 Å². The van der Waals surface area contributed by atoms with Gasteiger partial charge in [-0.1, -0.05) is 28.9 Å². The molecule has 4 aromatic rings. The maximum absolute atomic E-state index is 14.2. The highest BCUT2D eigenvalue weighted by Crippen LogP contribution is 2.29. The standard InChI is InChI=1S/C20H12ClF2N3O2/c1-10-18-13(19(27)24-16-7-6-11(21)8-15(16)23)9-17(25-20(18)28-26-10)12-4-2-3-5-14(12)22/h2-9H,1H3,(H,24,27). The zero-order chi connectivity index (χ0) is 19.8. The summed E-state index contributed by atoms with van der Waals surface area (Å²) in [6.45, 7) is 1.65. The SMILES string of the molecule is Cc1noc2nc(-c3ccccc3F)cc(C(=O)Nc3ccc(Cl)cc3F)c12. The van der Waals surface area contributed by atoms with Crippen molar-refractivity contribution in [2.45, 2.75) is 6.92 Å². The van der Waals surface area contributed by atoms with Gasteiger partial charge in [-0.25, -0.2) is 13.8 Å². The van der Waals surface area contributed by atoms with Crippen molar-refractivity contribution >= 4 is 34.3 Å². The molecule has 0 aliphatic heterocycles. The molecule has 0 saturated heterocycles. The number of anilines is 1. The third kappa shape index (κ3) is 3.20. The molecule has 0 atom stereocenters. The molecule has 0 unspecified atom stereocenters. The van der Waals surface area contributed by atoms with Crippen LogP contribution in [0.4, 0.5) is 14.5 Å². The van der Waals surface area contributed by atoms with Crippen LogP contribution in [0.2, 0.25) is 5.02 Å². The molecule has 0 radical (unpaired) electrons. The van der Waals surface area contributed by atoms with Gasteiger partial charge in [-0.2, -0.15) is 0 Å². The molecular formula is C20H12ClF2N3O2. The molecule has 0 aliphatic rings. The summed E-state index contributed by atoms with van der Waals surface area (Å²) in [6, 6.07) is 11.3. The molecule has 0 spiro atoms. The first-order valence-corrected chi connectivity index (χ1v) is 8.60. The molecule has 1 amide bonds. The number of nitrogens with one attached hydrogen (secondary N) is 1. The van der Waals surface area contributed by atoms with Gasteiger partial charge in [-0.05, 0) is 43.3 Å². The minimum absolute atomic E-state index is 0.0408. The van der Waals surface area contributed by atoms with Crippen molar-refractivity contribution < 1.29 is 18.1 Å². The van der Waals surface area contributed by atoms with Crippen molar-refractivity contribution in [2.75, 3.05) is 5.32 Å². The average molecular weight is 400 g/mol. The number of hydrogen-bond acceptors (Lipinski definition) is 4. The summed E-state index contributed by atoms with van der Waals surface area (Å²) in [6.07, 6.45) is 0. The number of benzene rings is 2. The number of carbonyl (C=O) groups is 1. The number of pyridine rings is 1. The number of fused-ring (bicyclic) bond motifs is 1. The van der Waals surface area contributed by atoms with E-state index in [0.29, 0.717) is 11.1 Å². The third-order valence-electron chi connectivity index (χ3n) is 4.19. The molecular weight excluding hydrogens is 388 g/mol. The molecule has 140 valence electrons. The van der Waals surface area contributed by atoms with Crippen molar-refractivity contribution in [1.82, 2.24) is 10.1 Å². The van der Waals surface area contributed by atoms with E-state index in [4.69, 9.17) is 16.1 Å². The quantitative estimate of drug-likeness (QED) is 0.502. The van der Waals surface area contributed by atoms with Crippen molar-refractivity contribution in [3.8, 4) is 11.3 Å². The average Bonchev–Trinajstić information content (AvgIpc) is 3.04. The van der Waals surface area contributed by atoms with Crippen LogP contribution in [0, 0.1) is 18.6 Å². The van der Waals surface area contributed by atoms with E-state index >= 15 is 0 Å². The van der Waals surface area contributed by atoms with Gasteiger partial charge in [0.05, 0.1) is 28.0 Å². The second kappa shape index (κ2) is 7.01. The Kier molecular flexibility index (Phi) is 4.52. The van der Waals surface area contributed by atoms with Crippen molar-refractivity contribution in [3.63, 3.8) is 0 Å². The van der Waals surface area contributed by atoms with Gasteiger partial charge in [0.15, 0.2) is 0 Å². The molecule has 4 rings (SSSR count). The second-order valence-electron chi connectivity index (χ2n) is 6.06. The van der Waals surface area contributed by atoms with Gasteiger partial charge in [-0.15, -0.1) is 0 Å². The Hall–Kier alpha value is -3.32. The van der Waals surface area contributed by atoms with Gasteiger partial charge in [0.2, 0.25) is 0 Å². The van der Waals surface area contributed by atoms with E-state index in [2.05, 4.69) is 15.5 Å². The maximum atomic E-state index is 14.2. The minimum atomic E-state index is -0.678. The fourth-order valence-corrected chi connectivity index (χ4v) is 3.02. The molecule has 0 bridgehead atoms. The number of hydrogen-bond donors (Lipinski definition) is 1. The van der Waals surface area contributed by atoms with E-state index in [1.165, 1.54) is 30.3 Å². The second-order valence-corrected chi connectivity index (χ2v) is 6.50. The highest BCUT2D eigenvalue weighted by Gasteiger charge is 2.21. The molecule has 28 heavy (non-hydrogen) atoms. The lowest BCUT2D eigenvalue weighted by Crippen LogP contribution is -2.14.